The van der Waals surface area contributed by atoms with Crippen LogP contribution in [-0.4, -0.2) is 82.3 Å². The Morgan fingerprint density at radius 1 is 0.574 bits per heavy atom. The summed E-state index contributed by atoms with van der Waals surface area (Å²) in [6, 6.07) is 0. The minimum absolute atomic E-state index is 0.132. The van der Waals surface area contributed by atoms with E-state index in [9.17, 15) is 19.5 Å². The van der Waals surface area contributed by atoms with Crippen LogP contribution >= 0.6 is 0 Å². The van der Waals surface area contributed by atoms with Crippen LogP contribution in [0.2, 0.25) is 0 Å². The van der Waals surface area contributed by atoms with Crippen LogP contribution in [-0.2, 0) is 33.3 Å². The first-order valence-corrected chi connectivity index (χ1v) is 20.2. The number of allylic oxidation sites excluding steroid dienone is 14. The van der Waals surface area contributed by atoms with Crippen molar-refractivity contribution in [2.24, 2.45) is 0 Å². The van der Waals surface area contributed by atoms with Gasteiger partial charge in [0.2, 0.25) is 0 Å². The summed E-state index contributed by atoms with van der Waals surface area (Å²) in [4.78, 5) is 36.6. The first kappa shape index (κ1) is 50.5. The summed E-state index contributed by atoms with van der Waals surface area (Å²) >= 11 is 0. The van der Waals surface area contributed by atoms with E-state index in [1.165, 1.54) is 6.42 Å². The van der Waals surface area contributed by atoms with Crippen molar-refractivity contribution in [2.75, 3.05) is 47.5 Å². The average Bonchev–Trinajstić information content (AvgIpc) is 3.12. The normalized spacial score (nSPS) is 13.9. The van der Waals surface area contributed by atoms with E-state index in [-0.39, 0.29) is 38.6 Å². The highest BCUT2D eigenvalue weighted by Crippen LogP contribution is 2.10. The number of quaternary nitrogens is 1. The SMILES string of the molecule is CC/C=C\C/C=C\C/C=C\C/C=C\C/C=C\C/C=C\C/C=C\CCCC(=O)OC(COC(=O)CCCCCCCC)COC(OCC[N+](C)(C)C)C(=O)[O-]. The number of ether oxygens (including phenoxy) is 4. The maximum atomic E-state index is 12.6. The number of carbonyl (C=O) groups is 3. The van der Waals surface area contributed by atoms with Crippen LogP contribution in [0.4, 0.5) is 0 Å². The zero-order chi connectivity index (χ0) is 40.0. The zero-order valence-corrected chi connectivity index (χ0v) is 34.3. The second kappa shape index (κ2) is 36.4. The minimum Gasteiger partial charge on any atom is -0.545 e. The van der Waals surface area contributed by atoms with Crippen molar-refractivity contribution >= 4 is 17.9 Å². The number of aliphatic carboxylic acids is 1. The topological polar surface area (TPSA) is 111 Å². The molecule has 0 aromatic rings. The first-order chi connectivity index (χ1) is 26.1. The van der Waals surface area contributed by atoms with E-state index in [1.807, 2.05) is 27.2 Å². The molecule has 0 amide bonds. The molecule has 9 nitrogen and oxygen atoms in total. The highest BCUT2D eigenvalue weighted by Gasteiger charge is 2.21. The van der Waals surface area contributed by atoms with Gasteiger partial charge in [0.25, 0.3) is 0 Å². The van der Waals surface area contributed by atoms with Crippen molar-refractivity contribution in [2.45, 2.75) is 135 Å². The lowest BCUT2D eigenvalue weighted by atomic mass is 10.1. The maximum absolute atomic E-state index is 12.6. The average molecular weight is 756 g/mol. The molecule has 9 heteroatoms. The maximum Gasteiger partial charge on any atom is 0.306 e. The number of unbranched alkanes of at least 4 members (excludes halogenated alkanes) is 6. The quantitative estimate of drug-likeness (QED) is 0.0208. The molecule has 0 radical (unpaired) electrons. The van der Waals surface area contributed by atoms with Crippen LogP contribution in [0.5, 0.6) is 0 Å². The van der Waals surface area contributed by atoms with E-state index in [0.717, 1.165) is 77.0 Å². The highest BCUT2D eigenvalue weighted by atomic mass is 16.7. The Morgan fingerprint density at radius 3 is 1.56 bits per heavy atom. The van der Waals surface area contributed by atoms with E-state index < -0.39 is 24.3 Å². The standard InChI is InChI=1S/C45H73NO8/c1-6-8-10-12-14-15-16-17-18-19-20-21-22-23-24-25-26-27-28-29-30-32-34-36-43(48)54-41(39-52-42(47)35-33-31-13-11-9-7-2)40-53-45(44(49)50)51-38-37-46(3,4)5/h8,10,14-15,17-18,20-21,23-24,26-27,29-30,41,45H,6-7,9,11-13,16,19,22,25,28,31-40H2,1-5H3/b10-8-,15-14-,18-17-,21-20-,24-23-,27-26-,30-29-. The third kappa shape index (κ3) is 36.8. The van der Waals surface area contributed by atoms with Gasteiger partial charge in [0.05, 0.1) is 40.3 Å². The number of hydrogen-bond acceptors (Lipinski definition) is 8. The fraction of sp³-hybridized carbons (Fsp3) is 0.622. The lowest BCUT2D eigenvalue weighted by molar-refractivity contribution is -0.870. The Balaban J connectivity index is 4.50. The van der Waals surface area contributed by atoms with Gasteiger partial charge in [-0.05, 0) is 64.2 Å². The number of nitrogens with zero attached hydrogens (tertiary/aromatic N) is 1. The lowest BCUT2D eigenvalue weighted by Crippen LogP contribution is -2.44. The van der Waals surface area contributed by atoms with Crippen LogP contribution in [0.3, 0.4) is 0 Å². The fourth-order valence-electron chi connectivity index (χ4n) is 4.76. The van der Waals surface area contributed by atoms with E-state index >= 15 is 0 Å². The summed E-state index contributed by atoms with van der Waals surface area (Å²) in [5.74, 6) is -2.39. The number of carboxylic acids is 1. The van der Waals surface area contributed by atoms with Crippen molar-refractivity contribution in [1.82, 2.24) is 0 Å². The molecule has 0 spiro atoms. The Labute approximate surface area is 328 Å². The molecule has 0 N–H and O–H groups in total. The second-order valence-electron chi connectivity index (χ2n) is 14.2. The van der Waals surface area contributed by atoms with Crippen LogP contribution in [0.15, 0.2) is 85.1 Å². The number of likely N-dealkylation sites (N-methyl/N-ethyl adjacent to an activating group) is 1. The van der Waals surface area contributed by atoms with Crippen molar-refractivity contribution < 1.29 is 42.9 Å². The van der Waals surface area contributed by atoms with Crippen LogP contribution in [0.1, 0.15) is 123 Å². The number of carbonyl (C=O) groups excluding carboxylic acids is 3. The molecule has 306 valence electrons. The number of esters is 2. The number of hydrogen-bond donors (Lipinski definition) is 0. The molecule has 0 rings (SSSR count). The Kier molecular flexibility index (Phi) is 34.1. The van der Waals surface area contributed by atoms with Crippen molar-refractivity contribution in [1.29, 1.82) is 0 Å². The summed E-state index contributed by atoms with van der Waals surface area (Å²) in [5.41, 5.74) is 0. The van der Waals surface area contributed by atoms with E-state index in [2.05, 4.69) is 92.8 Å². The molecule has 0 bridgehead atoms. The molecule has 0 aliphatic rings. The monoisotopic (exact) mass is 756 g/mol. The Bertz CT molecular complexity index is 1160. The second-order valence-corrected chi connectivity index (χ2v) is 14.2. The number of carboxylic acid groups (broad SMARTS) is 1. The molecule has 0 aromatic heterocycles. The molecule has 0 heterocycles. The summed E-state index contributed by atoms with van der Waals surface area (Å²) in [5, 5.41) is 11.6. The fourth-order valence-corrected chi connectivity index (χ4v) is 4.76. The largest absolute Gasteiger partial charge is 0.545 e. The van der Waals surface area contributed by atoms with E-state index in [1.54, 1.807) is 0 Å². The molecular weight excluding hydrogens is 682 g/mol. The third-order valence-electron chi connectivity index (χ3n) is 7.91. The van der Waals surface area contributed by atoms with Gasteiger partial charge >= 0.3 is 11.9 Å². The van der Waals surface area contributed by atoms with Crippen molar-refractivity contribution in [3.63, 3.8) is 0 Å². The van der Waals surface area contributed by atoms with Gasteiger partial charge in [-0.25, -0.2) is 0 Å². The van der Waals surface area contributed by atoms with Gasteiger partial charge in [-0.15, -0.1) is 0 Å². The predicted octanol–water partition coefficient (Wildman–Crippen LogP) is 8.82. The molecular formula is C45H73NO8. The molecule has 0 aliphatic heterocycles. The van der Waals surface area contributed by atoms with Crippen molar-refractivity contribution in [3.8, 4) is 0 Å². The van der Waals surface area contributed by atoms with Gasteiger partial charge in [-0.1, -0.05) is 131 Å². The van der Waals surface area contributed by atoms with Gasteiger partial charge < -0.3 is 33.3 Å². The highest BCUT2D eigenvalue weighted by molar-refractivity contribution is 5.70. The molecule has 2 unspecified atom stereocenters. The molecule has 0 aliphatic carbocycles. The molecule has 54 heavy (non-hydrogen) atoms. The molecule has 0 aromatic carbocycles. The van der Waals surface area contributed by atoms with Gasteiger partial charge in [0, 0.05) is 12.8 Å². The van der Waals surface area contributed by atoms with Gasteiger partial charge in [0.15, 0.2) is 12.4 Å². The van der Waals surface area contributed by atoms with Gasteiger partial charge in [-0.2, -0.15) is 0 Å². The summed E-state index contributed by atoms with van der Waals surface area (Å²) in [7, 11) is 5.86. The number of rotatable bonds is 35. The molecule has 0 saturated heterocycles. The minimum atomic E-state index is -1.64. The van der Waals surface area contributed by atoms with Crippen molar-refractivity contribution in [3.05, 3.63) is 85.1 Å². The van der Waals surface area contributed by atoms with Crippen LogP contribution in [0, 0.1) is 0 Å². The zero-order valence-electron chi connectivity index (χ0n) is 34.3. The van der Waals surface area contributed by atoms with Gasteiger partial charge in [0.1, 0.15) is 13.2 Å². The van der Waals surface area contributed by atoms with E-state index in [0.29, 0.717) is 23.9 Å². The summed E-state index contributed by atoms with van der Waals surface area (Å²) in [6.07, 6.45) is 42.3. The Hall–Kier alpha value is -3.53. The molecule has 2 atom stereocenters. The molecule has 0 saturated carbocycles. The predicted molar refractivity (Wildman–Crippen MR) is 218 cm³/mol. The summed E-state index contributed by atoms with van der Waals surface area (Å²) in [6.45, 7) is 4.44. The third-order valence-corrected chi connectivity index (χ3v) is 7.91. The van der Waals surface area contributed by atoms with Crippen LogP contribution < -0.4 is 5.11 Å². The lowest BCUT2D eigenvalue weighted by Gasteiger charge is -2.26. The molecule has 0 fully saturated rings. The first-order valence-electron chi connectivity index (χ1n) is 20.2. The van der Waals surface area contributed by atoms with E-state index in [4.69, 9.17) is 18.9 Å². The van der Waals surface area contributed by atoms with Gasteiger partial charge in [-0.3, -0.25) is 9.59 Å². The smallest absolute Gasteiger partial charge is 0.306 e. The van der Waals surface area contributed by atoms with Crippen LogP contribution in [0.25, 0.3) is 0 Å². The Morgan fingerprint density at radius 2 is 1.06 bits per heavy atom. The summed E-state index contributed by atoms with van der Waals surface area (Å²) < 4.78 is 22.3.